The van der Waals surface area contributed by atoms with Gasteiger partial charge in [0.2, 0.25) is 17.7 Å². The minimum absolute atomic E-state index is 0.0377. The molecular formula is C47H50N4O6. The first-order valence-electron chi connectivity index (χ1n) is 19.1. The molecule has 0 aliphatic heterocycles. The highest BCUT2D eigenvalue weighted by atomic mass is 16.5. The number of benzene rings is 4. The monoisotopic (exact) mass is 766 g/mol. The Morgan fingerprint density at radius 3 is 1.77 bits per heavy atom. The molecule has 5 rings (SSSR count). The highest BCUT2D eigenvalue weighted by Gasteiger charge is 2.38. The highest BCUT2D eigenvalue weighted by Crippen LogP contribution is 2.37. The third-order valence-corrected chi connectivity index (χ3v) is 9.52. The molecule has 2 atom stereocenters. The van der Waals surface area contributed by atoms with Crippen molar-refractivity contribution in [2.75, 3.05) is 11.9 Å². The number of pyridine rings is 1. The number of aromatic nitrogens is 1. The van der Waals surface area contributed by atoms with Crippen LogP contribution in [0.15, 0.2) is 157 Å². The van der Waals surface area contributed by atoms with Gasteiger partial charge in [0.25, 0.3) is 5.56 Å². The Morgan fingerprint density at radius 1 is 0.737 bits per heavy atom. The maximum Gasteiger partial charge on any atom is 0.330 e. The largest absolute Gasteiger partial charge is 0.463 e. The van der Waals surface area contributed by atoms with Gasteiger partial charge < -0.3 is 25.3 Å². The van der Waals surface area contributed by atoms with E-state index in [1.807, 2.05) is 121 Å². The number of hydrogen-bond donors (Lipinski definition) is 3. The van der Waals surface area contributed by atoms with E-state index in [0.717, 1.165) is 22.3 Å². The Bertz CT molecular complexity index is 2100. The first kappa shape index (κ1) is 41.6. The molecule has 1 aromatic heterocycles. The van der Waals surface area contributed by atoms with E-state index in [9.17, 15) is 24.0 Å². The Morgan fingerprint density at radius 2 is 1.26 bits per heavy atom. The molecule has 10 heteroatoms. The predicted molar refractivity (Wildman–Crippen MR) is 222 cm³/mol. The number of carbonyl (C=O) groups is 4. The molecular weight excluding hydrogens is 717 g/mol. The highest BCUT2D eigenvalue weighted by molar-refractivity contribution is 5.94. The Labute approximate surface area is 334 Å². The molecule has 0 radical (unpaired) electrons. The van der Waals surface area contributed by atoms with Gasteiger partial charge in [-0.05, 0) is 47.7 Å². The van der Waals surface area contributed by atoms with Gasteiger partial charge in [-0.25, -0.2) is 4.79 Å². The molecule has 0 saturated heterocycles. The van der Waals surface area contributed by atoms with Crippen molar-refractivity contribution >= 4 is 29.4 Å². The summed E-state index contributed by atoms with van der Waals surface area (Å²) >= 11 is 0. The molecule has 10 nitrogen and oxygen atoms in total. The summed E-state index contributed by atoms with van der Waals surface area (Å²) in [4.78, 5) is 67.8. The summed E-state index contributed by atoms with van der Waals surface area (Å²) in [5.41, 5.74) is 1.05. The molecule has 3 N–H and O–H groups in total. The van der Waals surface area contributed by atoms with Crippen molar-refractivity contribution in [2.45, 2.75) is 64.6 Å². The van der Waals surface area contributed by atoms with Gasteiger partial charge in [0.05, 0.1) is 6.61 Å². The maximum atomic E-state index is 14.4. The second-order valence-corrected chi connectivity index (χ2v) is 14.7. The van der Waals surface area contributed by atoms with Gasteiger partial charge in [0.15, 0.2) is 0 Å². The average molecular weight is 767 g/mol. The molecule has 294 valence electrons. The first-order valence-corrected chi connectivity index (χ1v) is 19.1. The summed E-state index contributed by atoms with van der Waals surface area (Å²) in [6.07, 6.45) is 4.46. The quantitative estimate of drug-likeness (QED) is 0.0557. The van der Waals surface area contributed by atoms with Crippen molar-refractivity contribution in [2.24, 2.45) is 5.41 Å². The zero-order valence-electron chi connectivity index (χ0n) is 32.8. The van der Waals surface area contributed by atoms with Crippen LogP contribution in [0.25, 0.3) is 0 Å². The molecule has 0 saturated carbocycles. The lowest BCUT2D eigenvalue weighted by Gasteiger charge is -2.37. The smallest absolute Gasteiger partial charge is 0.330 e. The number of amides is 3. The Balaban J connectivity index is 1.47. The number of anilines is 1. The van der Waals surface area contributed by atoms with Crippen molar-refractivity contribution in [3.05, 3.63) is 184 Å². The number of ether oxygens (including phenoxy) is 1. The van der Waals surface area contributed by atoms with Gasteiger partial charge in [-0.1, -0.05) is 148 Å². The average Bonchev–Trinajstić information content (AvgIpc) is 3.22. The van der Waals surface area contributed by atoms with E-state index in [2.05, 4.69) is 16.0 Å². The second-order valence-electron chi connectivity index (χ2n) is 14.7. The molecule has 5 aromatic rings. The van der Waals surface area contributed by atoms with Crippen molar-refractivity contribution < 1.29 is 23.9 Å². The predicted octanol–water partition coefficient (Wildman–Crippen LogP) is 7.11. The van der Waals surface area contributed by atoms with Crippen LogP contribution in [-0.2, 0) is 35.9 Å². The van der Waals surface area contributed by atoms with Gasteiger partial charge in [-0.2, -0.15) is 0 Å². The van der Waals surface area contributed by atoms with Crippen LogP contribution in [0.3, 0.4) is 0 Å². The summed E-state index contributed by atoms with van der Waals surface area (Å²) in [7, 11) is 0. The zero-order chi connectivity index (χ0) is 40.8. The second kappa shape index (κ2) is 19.4. The van der Waals surface area contributed by atoms with Gasteiger partial charge in [0.1, 0.15) is 17.3 Å². The van der Waals surface area contributed by atoms with E-state index in [1.54, 1.807) is 33.8 Å². The van der Waals surface area contributed by atoms with Gasteiger partial charge in [-0.15, -0.1) is 0 Å². The molecule has 1 heterocycles. The maximum absolute atomic E-state index is 14.4. The van der Waals surface area contributed by atoms with Crippen molar-refractivity contribution in [3.8, 4) is 0 Å². The van der Waals surface area contributed by atoms with Crippen LogP contribution in [0.5, 0.6) is 0 Å². The topological polar surface area (TPSA) is 136 Å². The van der Waals surface area contributed by atoms with E-state index in [1.165, 1.54) is 29.0 Å². The zero-order valence-corrected chi connectivity index (χ0v) is 32.8. The molecule has 0 fully saturated rings. The number of carbonyl (C=O) groups excluding carboxylic acids is 4. The van der Waals surface area contributed by atoms with Gasteiger partial charge >= 0.3 is 5.97 Å². The fourth-order valence-corrected chi connectivity index (χ4v) is 6.53. The number of esters is 1. The SMILES string of the molecule is CCOC(=O)/C=C/[C@H](CCC(=O)NC(c1ccccc1)(c1ccccc1)c1ccccc1)NC(=O)[C@H](Cc1ccccc1)n1cccc(NC(=O)C(C)(C)C)c1=O. The molecule has 0 bridgehead atoms. The number of hydrogen-bond acceptors (Lipinski definition) is 6. The molecule has 3 amide bonds. The minimum Gasteiger partial charge on any atom is -0.463 e. The normalized spacial score (nSPS) is 12.6. The third-order valence-electron chi connectivity index (χ3n) is 9.52. The lowest BCUT2D eigenvalue weighted by Crippen LogP contribution is -2.48. The van der Waals surface area contributed by atoms with Gasteiger partial charge in [0, 0.05) is 36.6 Å². The van der Waals surface area contributed by atoms with Crippen LogP contribution >= 0.6 is 0 Å². The van der Waals surface area contributed by atoms with Crippen LogP contribution in [0.2, 0.25) is 0 Å². The lowest BCUT2D eigenvalue weighted by atomic mass is 9.77. The van der Waals surface area contributed by atoms with Crippen LogP contribution in [-0.4, -0.2) is 40.9 Å². The van der Waals surface area contributed by atoms with Crippen LogP contribution in [0, 0.1) is 5.41 Å². The van der Waals surface area contributed by atoms with Crippen molar-refractivity contribution in [1.82, 2.24) is 15.2 Å². The lowest BCUT2D eigenvalue weighted by molar-refractivity contribution is -0.137. The van der Waals surface area contributed by atoms with E-state index in [0.29, 0.717) is 0 Å². The van der Waals surface area contributed by atoms with Crippen molar-refractivity contribution in [1.29, 1.82) is 0 Å². The van der Waals surface area contributed by atoms with E-state index < -0.39 is 40.5 Å². The summed E-state index contributed by atoms with van der Waals surface area (Å²) in [6.45, 7) is 7.07. The molecule has 0 spiro atoms. The van der Waals surface area contributed by atoms with Crippen LogP contribution in [0.4, 0.5) is 5.69 Å². The first-order chi connectivity index (χ1) is 27.4. The summed E-state index contributed by atoms with van der Waals surface area (Å²) in [5.74, 6) is -1.77. The molecule has 4 aromatic carbocycles. The van der Waals surface area contributed by atoms with Crippen LogP contribution in [0.1, 0.15) is 68.8 Å². The fraction of sp³-hybridized carbons (Fsp3) is 0.255. The van der Waals surface area contributed by atoms with Crippen molar-refractivity contribution in [3.63, 3.8) is 0 Å². The minimum atomic E-state index is -1.05. The van der Waals surface area contributed by atoms with E-state index in [4.69, 9.17) is 4.74 Å². The Hall–Kier alpha value is -6.55. The molecule has 0 unspecified atom stereocenters. The number of nitrogens with one attached hydrogen (secondary N) is 3. The molecule has 57 heavy (non-hydrogen) atoms. The van der Waals surface area contributed by atoms with Gasteiger partial charge in [-0.3, -0.25) is 19.2 Å². The number of nitrogens with zero attached hydrogens (tertiary/aromatic N) is 1. The molecule has 0 aliphatic carbocycles. The van der Waals surface area contributed by atoms with E-state index >= 15 is 0 Å². The Kier molecular flexibility index (Phi) is 14.1. The third kappa shape index (κ3) is 10.8. The summed E-state index contributed by atoms with van der Waals surface area (Å²) < 4.78 is 6.42. The standard InChI is InChI=1S/C47H50N4O6/c1-5-57-42(53)31-29-38(28-30-41(52)50-47(35-21-12-7-13-22-35,36-23-14-8-15-24-36)37-25-16-9-17-26-37)48-43(54)40(33-34-19-10-6-11-20-34)51-32-18-27-39(44(51)55)49-45(56)46(2,3)4/h6-27,29,31-32,38,40H,5,28,30,33H2,1-4H3,(H,48,54)(H,49,56)(H,50,52)/b31-29+/t38-,40-/m0/s1. The summed E-state index contributed by atoms with van der Waals surface area (Å²) in [5, 5.41) is 9.05. The number of rotatable bonds is 16. The van der Waals surface area contributed by atoms with Crippen LogP contribution < -0.4 is 21.5 Å². The van der Waals surface area contributed by atoms with E-state index in [-0.39, 0.29) is 43.4 Å². The fourth-order valence-electron chi connectivity index (χ4n) is 6.53. The molecule has 0 aliphatic rings. The summed E-state index contributed by atoms with van der Waals surface area (Å²) in [6, 6.07) is 39.7.